The fourth-order valence-corrected chi connectivity index (χ4v) is 8.25. The summed E-state index contributed by atoms with van der Waals surface area (Å²) >= 11 is 0. The molecule has 2 heterocycles. The highest BCUT2D eigenvalue weighted by Crippen LogP contribution is 2.54. The van der Waals surface area contributed by atoms with Gasteiger partial charge in [-0.3, -0.25) is 0 Å². The van der Waals surface area contributed by atoms with Crippen molar-refractivity contribution in [1.82, 2.24) is 15.0 Å². The Balaban J connectivity index is 1.19. The van der Waals surface area contributed by atoms with Gasteiger partial charge in [-0.15, -0.1) is 0 Å². The monoisotopic (exact) mass is 677 g/mol. The van der Waals surface area contributed by atoms with E-state index < -0.39 is 0 Å². The van der Waals surface area contributed by atoms with Crippen LogP contribution in [0.1, 0.15) is 25.0 Å². The van der Waals surface area contributed by atoms with Crippen LogP contribution in [0.25, 0.3) is 89.1 Å². The number of hydrogen-bond acceptors (Lipinski definition) is 3. The number of pyridine rings is 1. The van der Waals surface area contributed by atoms with Crippen LogP contribution in [0.15, 0.2) is 176 Å². The number of nitrogens with zero attached hydrogens (tertiary/aromatic N) is 3. The molecule has 0 saturated carbocycles. The van der Waals surface area contributed by atoms with Gasteiger partial charge in [-0.1, -0.05) is 172 Å². The van der Waals surface area contributed by atoms with Crippen molar-refractivity contribution in [3.05, 3.63) is 187 Å². The minimum absolute atomic E-state index is 0.246. The summed E-state index contributed by atoms with van der Waals surface area (Å²) in [4.78, 5) is 15.8. The van der Waals surface area contributed by atoms with Gasteiger partial charge in [-0.2, -0.15) is 0 Å². The van der Waals surface area contributed by atoms with Crippen LogP contribution in [0.3, 0.4) is 0 Å². The zero-order valence-electron chi connectivity index (χ0n) is 29.6. The van der Waals surface area contributed by atoms with Gasteiger partial charge >= 0.3 is 0 Å². The van der Waals surface area contributed by atoms with E-state index in [0.29, 0.717) is 5.82 Å². The molecule has 0 N–H and O–H groups in total. The first-order chi connectivity index (χ1) is 26.0. The van der Waals surface area contributed by atoms with E-state index in [1.165, 1.54) is 44.0 Å². The van der Waals surface area contributed by atoms with Crippen LogP contribution < -0.4 is 0 Å². The van der Waals surface area contributed by atoms with E-state index in [1.807, 2.05) is 12.1 Å². The third kappa shape index (κ3) is 5.16. The van der Waals surface area contributed by atoms with E-state index in [4.69, 9.17) is 15.0 Å². The van der Waals surface area contributed by atoms with Crippen LogP contribution in [0.4, 0.5) is 0 Å². The minimum atomic E-state index is -0.246. The van der Waals surface area contributed by atoms with Crippen LogP contribution in [0.2, 0.25) is 0 Å². The molecule has 0 radical (unpaired) electrons. The topological polar surface area (TPSA) is 38.7 Å². The van der Waals surface area contributed by atoms with Gasteiger partial charge in [0.05, 0.1) is 22.6 Å². The summed E-state index contributed by atoms with van der Waals surface area (Å²) in [6.45, 7) is 4.69. The third-order valence-electron chi connectivity index (χ3n) is 10.8. The van der Waals surface area contributed by atoms with Crippen LogP contribution in [-0.4, -0.2) is 15.0 Å². The molecule has 2 aromatic heterocycles. The molecular formula is C50H35N3. The molecule has 9 aromatic rings. The zero-order chi connectivity index (χ0) is 35.5. The maximum Gasteiger partial charge on any atom is 0.160 e. The molecule has 53 heavy (non-hydrogen) atoms. The van der Waals surface area contributed by atoms with Crippen LogP contribution in [0, 0.1) is 0 Å². The highest BCUT2D eigenvalue weighted by Gasteiger charge is 2.39. The van der Waals surface area contributed by atoms with Gasteiger partial charge in [0.25, 0.3) is 0 Å². The van der Waals surface area contributed by atoms with Crippen molar-refractivity contribution < 1.29 is 0 Å². The Labute approximate surface area is 309 Å². The Morgan fingerprint density at radius 3 is 1.83 bits per heavy atom. The molecule has 0 spiro atoms. The van der Waals surface area contributed by atoms with Gasteiger partial charge < -0.3 is 0 Å². The van der Waals surface area contributed by atoms with Crippen molar-refractivity contribution >= 4 is 21.7 Å². The highest BCUT2D eigenvalue weighted by atomic mass is 14.9. The summed E-state index contributed by atoms with van der Waals surface area (Å²) in [5.41, 5.74) is 15.2. The molecule has 0 saturated heterocycles. The Hall–Kier alpha value is -6.71. The SMILES string of the molecule is CC1(C)c2ccccc2-c2nc3ccc4ccccc4c3c(-c3cccc(-c4cc(-c5ccccc5)nc(-c5ccc(-c6ccccc6)cc5)n4)c3)c21. The average Bonchev–Trinajstić information content (AvgIpc) is 3.46. The van der Waals surface area contributed by atoms with E-state index in [0.717, 1.165) is 50.4 Å². The normalized spacial score (nSPS) is 12.9. The standard InChI is InChI=1S/C50H35N3/c1-50(2)41-23-12-11-22-40(41)48-47(50)45(46-39-21-10-9-16-34(39)28-29-42(46)51-48)38-20-13-19-37(30-38)44-31-43(35-17-7-4-8-18-35)52-49(53-44)36-26-24-33(25-27-36)32-14-5-3-6-15-32/h3-31H,1-2H3. The molecule has 0 aliphatic heterocycles. The van der Waals surface area contributed by atoms with Crippen LogP contribution in [-0.2, 0) is 5.41 Å². The molecule has 0 amide bonds. The minimum Gasteiger partial charge on any atom is -0.247 e. The lowest BCUT2D eigenvalue weighted by molar-refractivity contribution is 0.662. The summed E-state index contributed by atoms with van der Waals surface area (Å²) in [7, 11) is 0. The molecule has 3 heteroatoms. The second-order valence-corrected chi connectivity index (χ2v) is 14.4. The van der Waals surface area contributed by atoms with Crippen molar-refractivity contribution in [2.24, 2.45) is 0 Å². The van der Waals surface area contributed by atoms with Gasteiger partial charge in [-0.25, -0.2) is 15.0 Å². The maximum absolute atomic E-state index is 5.40. The van der Waals surface area contributed by atoms with Crippen molar-refractivity contribution in [1.29, 1.82) is 0 Å². The molecule has 0 fully saturated rings. The molecule has 3 nitrogen and oxygen atoms in total. The lowest BCUT2D eigenvalue weighted by Gasteiger charge is -2.26. The molecule has 10 rings (SSSR count). The van der Waals surface area contributed by atoms with Gasteiger partial charge in [-0.05, 0) is 62.4 Å². The van der Waals surface area contributed by atoms with Gasteiger partial charge in [0.2, 0.25) is 0 Å². The Morgan fingerprint density at radius 2 is 1.04 bits per heavy atom. The Morgan fingerprint density at radius 1 is 0.434 bits per heavy atom. The van der Waals surface area contributed by atoms with Gasteiger partial charge in [0.15, 0.2) is 5.82 Å². The molecule has 0 bridgehead atoms. The largest absolute Gasteiger partial charge is 0.247 e. The predicted octanol–water partition coefficient (Wildman–Crippen LogP) is 12.8. The molecule has 7 aromatic carbocycles. The predicted molar refractivity (Wildman–Crippen MR) is 220 cm³/mol. The smallest absolute Gasteiger partial charge is 0.160 e. The molecule has 1 aliphatic rings. The fourth-order valence-electron chi connectivity index (χ4n) is 8.25. The van der Waals surface area contributed by atoms with E-state index in [-0.39, 0.29) is 5.41 Å². The van der Waals surface area contributed by atoms with E-state index in [2.05, 4.69) is 178 Å². The maximum atomic E-state index is 5.40. The van der Waals surface area contributed by atoms with Gasteiger partial charge in [0.1, 0.15) is 0 Å². The summed E-state index contributed by atoms with van der Waals surface area (Å²) in [5, 5.41) is 3.60. The number of fused-ring (bicyclic) bond motifs is 6. The van der Waals surface area contributed by atoms with Crippen LogP contribution >= 0.6 is 0 Å². The first-order valence-electron chi connectivity index (χ1n) is 18.2. The summed E-state index contributed by atoms with van der Waals surface area (Å²) in [6.07, 6.45) is 0. The molecule has 250 valence electrons. The molecule has 1 aliphatic carbocycles. The molecule has 0 unspecified atom stereocenters. The number of aromatic nitrogens is 3. The summed E-state index contributed by atoms with van der Waals surface area (Å²) in [5.74, 6) is 0.698. The quantitative estimate of drug-likeness (QED) is 0.170. The first kappa shape index (κ1) is 31.1. The third-order valence-corrected chi connectivity index (χ3v) is 10.8. The van der Waals surface area contributed by atoms with E-state index in [1.54, 1.807) is 0 Å². The number of benzene rings is 7. The molecular weight excluding hydrogens is 643 g/mol. The van der Waals surface area contributed by atoms with Crippen molar-refractivity contribution in [2.75, 3.05) is 0 Å². The van der Waals surface area contributed by atoms with E-state index >= 15 is 0 Å². The average molecular weight is 678 g/mol. The lowest BCUT2D eigenvalue weighted by atomic mass is 9.78. The lowest BCUT2D eigenvalue weighted by Crippen LogP contribution is -2.16. The fraction of sp³-hybridized carbons (Fsp3) is 0.0600. The number of hydrogen-bond donors (Lipinski definition) is 0. The Kier molecular flexibility index (Phi) is 7.16. The highest BCUT2D eigenvalue weighted by molar-refractivity contribution is 6.16. The van der Waals surface area contributed by atoms with Crippen molar-refractivity contribution in [3.8, 4) is 67.4 Å². The van der Waals surface area contributed by atoms with Crippen molar-refractivity contribution in [3.63, 3.8) is 0 Å². The van der Waals surface area contributed by atoms with Gasteiger partial charge in [0, 0.05) is 33.1 Å². The Bertz CT molecular complexity index is 2840. The zero-order valence-corrected chi connectivity index (χ0v) is 29.6. The second-order valence-electron chi connectivity index (χ2n) is 14.4. The summed E-state index contributed by atoms with van der Waals surface area (Å²) in [6, 6.07) is 62.3. The number of rotatable bonds is 5. The molecule has 0 atom stereocenters. The summed E-state index contributed by atoms with van der Waals surface area (Å²) < 4.78 is 0. The second kappa shape index (κ2) is 12.2. The van der Waals surface area contributed by atoms with Crippen molar-refractivity contribution in [2.45, 2.75) is 19.3 Å². The first-order valence-corrected chi connectivity index (χ1v) is 18.2. The van der Waals surface area contributed by atoms with Crippen LogP contribution in [0.5, 0.6) is 0 Å². The van der Waals surface area contributed by atoms with E-state index in [9.17, 15) is 0 Å².